The van der Waals surface area contributed by atoms with E-state index in [9.17, 15) is 9.59 Å². The second-order valence-electron chi connectivity index (χ2n) is 4.40. The Morgan fingerprint density at radius 1 is 1.28 bits per heavy atom. The van der Waals surface area contributed by atoms with Crippen LogP contribution >= 0.6 is 0 Å². The van der Waals surface area contributed by atoms with E-state index >= 15 is 0 Å². The minimum absolute atomic E-state index is 0.0552. The Balaban J connectivity index is 2.42. The SMILES string of the molecule is COCCOCC(=O)N(CC(=O)O)C1CCCC1. The molecule has 18 heavy (non-hydrogen) atoms. The van der Waals surface area contributed by atoms with Crippen molar-refractivity contribution in [2.75, 3.05) is 33.5 Å². The molecule has 104 valence electrons. The first-order chi connectivity index (χ1) is 8.65. The molecule has 0 aromatic heterocycles. The Morgan fingerprint density at radius 2 is 1.94 bits per heavy atom. The molecule has 1 fully saturated rings. The normalized spacial score (nSPS) is 15.8. The summed E-state index contributed by atoms with van der Waals surface area (Å²) in [4.78, 5) is 24.2. The summed E-state index contributed by atoms with van der Waals surface area (Å²) in [6.45, 7) is 0.452. The van der Waals surface area contributed by atoms with E-state index in [2.05, 4.69) is 0 Å². The Hall–Kier alpha value is -1.14. The monoisotopic (exact) mass is 259 g/mol. The third-order valence-corrected chi connectivity index (χ3v) is 3.05. The summed E-state index contributed by atoms with van der Waals surface area (Å²) < 4.78 is 9.95. The molecule has 0 saturated heterocycles. The third kappa shape index (κ3) is 5.01. The van der Waals surface area contributed by atoms with Gasteiger partial charge in [-0.05, 0) is 12.8 Å². The van der Waals surface area contributed by atoms with Crippen LogP contribution in [0.1, 0.15) is 25.7 Å². The van der Waals surface area contributed by atoms with E-state index < -0.39 is 5.97 Å². The molecule has 1 aliphatic rings. The molecule has 6 nitrogen and oxygen atoms in total. The number of carboxylic acid groups (broad SMARTS) is 1. The Kier molecular flexibility index (Phi) is 6.67. The zero-order valence-corrected chi connectivity index (χ0v) is 10.8. The van der Waals surface area contributed by atoms with Crippen LogP contribution in [-0.4, -0.2) is 61.4 Å². The van der Waals surface area contributed by atoms with Gasteiger partial charge in [0.05, 0.1) is 13.2 Å². The van der Waals surface area contributed by atoms with Crippen molar-refractivity contribution in [2.45, 2.75) is 31.7 Å². The summed E-state index contributed by atoms with van der Waals surface area (Å²) in [6.07, 6.45) is 3.88. The van der Waals surface area contributed by atoms with Crippen molar-refractivity contribution < 1.29 is 24.2 Å². The highest BCUT2D eigenvalue weighted by atomic mass is 16.5. The van der Waals surface area contributed by atoms with E-state index in [1.165, 1.54) is 4.90 Å². The lowest BCUT2D eigenvalue weighted by Crippen LogP contribution is -2.44. The fourth-order valence-corrected chi connectivity index (χ4v) is 2.17. The number of rotatable bonds is 8. The predicted molar refractivity (Wildman–Crippen MR) is 64.3 cm³/mol. The Bertz CT molecular complexity index is 276. The summed E-state index contributed by atoms with van der Waals surface area (Å²) >= 11 is 0. The molecule has 1 saturated carbocycles. The lowest BCUT2D eigenvalue weighted by Gasteiger charge is -2.27. The number of methoxy groups -OCH3 is 1. The van der Waals surface area contributed by atoms with Crippen LogP contribution in [0.25, 0.3) is 0 Å². The van der Waals surface area contributed by atoms with Crippen LogP contribution in [0.2, 0.25) is 0 Å². The molecule has 0 aliphatic heterocycles. The number of carbonyl (C=O) groups is 2. The fourth-order valence-electron chi connectivity index (χ4n) is 2.17. The van der Waals surface area contributed by atoms with Crippen molar-refractivity contribution >= 4 is 11.9 Å². The van der Waals surface area contributed by atoms with Crippen LogP contribution in [0.5, 0.6) is 0 Å². The molecule has 0 heterocycles. The van der Waals surface area contributed by atoms with Crippen LogP contribution < -0.4 is 0 Å². The molecule has 0 bridgehead atoms. The number of carbonyl (C=O) groups excluding carboxylic acids is 1. The smallest absolute Gasteiger partial charge is 0.323 e. The molecule has 0 aromatic rings. The van der Waals surface area contributed by atoms with Gasteiger partial charge in [-0.1, -0.05) is 12.8 Å². The summed E-state index contributed by atoms with van der Waals surface area (Å²) in [7, 11) is 1.56. The lowest BCUT2D eigenvalue weighted by atomic mass is 10.2. The first-order valence-corrected chi connectivity index (χ1v) is 6.23. The van der Waals surface area contributed by atoms with E-state index in [0.29, 0.717) is 13.2 Å². The first kappa shape index (κ1) is 14.9. The van der Waals surface area contributed by atoms with Crippen LogP contribution in [0, 0.1) is 0 Å². The largest absolute Gasteiger partial charge is 0.480 e. The number of ether oxygens (including phenoxy) is 2. The van der Waals surface area contributed by atoms with Gasteiger partial charge in [0, 0.05) is 13.2 Å². The van der Waals surface area contributed by atoms with Gasteiger partial charge in [-0.3, -0.25) is 9.59 Å². The van der Waals surface area contributed by atoms with Gasteiger partial charge in [0.25, 0.3) is 0 Å². The maximum absolute atomic E-state index is 11.9. The topological polar surface area (TPSA) is 76.1 Å². The highest BCUT2D eigenvalue weighted by Gasteiger charge is 2.28. The Morgan fingerprint density at radius 3 is 2.50 bits per heavy atom. The Labute approximate surface area is 107 Å². The highest BCUT2D eigenvalue weighted by Crippen LogP contribution is 2.23. The first-order valence-electron chi connectivity index (χ1n) is 6.23. The van der Waals surface area contributed by atoms with Crippen LogP contribution in [-0.2, 0) is 19.1 Å². The molecular formula is C12H21NO5. The predicted octanol–water partition coefficient (Wildman–Crippen LogP) is 0.505. The number of nitrogens with zero attached hydrogens (tertiary/aromatic N) is 1. The quantitative estimate of drug-likeness (QED) is 0.643. The molecule has 0 aromatic carbocycles. The maximum Gasteiger partial charge on any atom is 0.323 e. The lowest BCUT2D eigenvalue weighted by molar-refractivity contribution is -0.148. The molecule has 1 amide bonds. The second kappa shape index (κ2) is 8.05. The van der Waals surface area contributed by atoms with Crippen LogP contribution in [0.15, 0.2) is 0 Å². The van der Waals surface area contributed by atoms with Gasteiger partial charge < -0.3 is 19.5 Å². The van der Waals surface area contributed by atoms with Gasteiger partial charge in [-0.25, -0.2) is 0 Å². The molecule has 1 rings (SSSR count). The molecule has 0 unspecified atom stereocenters. The highest BCUT2D eigenvalue weighted by molar-refractivity contribution is 5.82. The molecule has 1 aliphatic carbocycles. The minimum atomic E-state index is -0.979. The molecule has 6 heteroatoms. The van der Waals surface area contributed by atoms with Gasteiger partial charge in [0.15, 0.2) is 0 Å². The van der Waals surface area contributed by atoms with Gasteiger partial charge in [-0.15, -0.1) is 0 Å². The van der Waals surface area contributed by atoms with Crippen molar-refractivity contribution in [3.8, 4) is 0 Å². The summed E-state index contributed by atoms with van der Waals surface area (Å²) in [5, 5.41) is 8.85. The van der Waals surface area contributed by atoms with Crippen LogP contribution in [0.4, 0.5) is 0 Å². The number of hydrogen-bond donors (Lipinski definition) is 1. The zero-order chi connectivity index (χ0) is 13.4. The van der Waals surface area contributed by atoms with E-state index in [1.807, 2.05) is 0 Å². The van der Waals surface area contributed by atoms with E-state index in [0.717, 1.165) is 25.7 Å². The second-order valence-corrected chi connectivity index (χ2v) is 4.40. The minimum Gasteiger partial charge on any atom is -0.480 e. The van der Waals surface area contributed by atoms with E-state index in [4.69, 9.17) is 14.6 Å². The summed E-state index contributed by atoms with van der Waals surface area (Å²) in [6, 6.07) is 0.0552. The number of carboxylic acids is 1. The van der Waals surface area contributed by atoms with Crippen molar-refractivity contribution in [3.05, 3.63) is 0 Å². The number of hydrogen-bond acceptors (Lipinski definition) is 4. The summed E-state index contributed by atoms with van der Waals surface area (Å²) in [5.41, 5.74) is 0. The standard InChI is InChI=1S/C12H21NO5/c1-17-6-7-18-9-11(14)13(8-12(15)16)10-4-2-3-5-10/h10H,2-9H2,1H3,(H,15,16). The summed E-state index contributed by atoms with van der Waals surface area (Å²) in [5.74, 6) is -1.23. The van der Waals surface area contributed by atoms with E-state index in [-0.39, 0.29) is 25.1 Å². The third-order valence-electron chi connectivity index (χ3n) is 3.05. The van der Waals surface area contributed by atoms with Crippen molar-refractivity contribution in [2.24, 2.45) is 0 Å². The van der Waals surface area contributed by atoms with E-state index in [1.54, 1.807) is 7.11 Å². The van der Waals surface area contributed by atoms with Crippen molar-refractivity contribution in [3.63, 3.8) is 0 Å². The number of amides is 1. The van der Waals surface area contributed by atoms with Crippen LogP contribution in [0.3, 0.4) is 0 Å². The van der Waals surface area contributed by atoms with Crippen molar-refractivity contribution in [1.82, 2.24) is 4.90 Å². The van der Waals surface area contributed by atoms with Gasteiger partial charge >= 0.3 is 5.97 Å². The molecule has 1 N–H and O–H groups in total. The average Bonchev–Trinajstić information content (AvgIpc) is 2.84. The maximum atomic E-state index is 11.9. The average molecular weight is 259 g/mol. The fraction of sp³-hybridized carbons (Fsp3) is 0.833. The van der Waals surface area contributed by atoms with Gasteiger partial charge in [-0.2, -0.15) is 0 Å². The zero-order valence-electron chi connectivity index (χ0n) is 10.8. The van der Waals surface area contributed by atoms with Gasteiger partial charge in [0.1, 0.15) is 13.2 Å². The van der Waals surface area contributed by atoms with Crippen molar-refractivity contribution in [1.29, 1.82) is 0 Å². The number of aliphatic carboxylic acids is 1. The molecule has 0 spiro atoms. The molecule has 0 radical (unpaired) electrons. The molecular weight excluding hydrogens is 238 g/mol. The molecule has 0 atom stereocenters. The van der Waals surface area contributed by atoms with Gasteiger partial charge in [0.2, 0.25) is 5.91 Å².